The molecule has 162 valence electrons. The first kappa shape index (κ1) is 21.6. The molecule has 3 aromatic rings. The van der Waals surface area contributed by atoms with E-state index in [-0.39, 0.29) is 11.9 Å². The van der Waals surface area contributed by atoms with E-state index in [4.69, 9.17) is 11.6 Å². The van der Waals surface area contributed by atoms with Gasteiger partial charge in [0.2, 0.25) is 0 Å². The van der Waals surface area contributed by atoms with Crippen LogP contribution in [0.1, 0.15) is 60.1 Å². The molecular formula is C25H29ClN4O. The van der Waals surface area contributed by atoms with E-state index in [0.717, 1.165) is 32.5 Å². The molecule has 1 saturated heterocycles. The van der Waals surface area contributed by atoms with E-state index < -0.39 is 0 Å². The molecule has 2 heterocycles. The highest BCUT2D eigenvalue weighted by Gasteiger charge is 2.23. The molecule has 4 rings (SSSR count). The fourth-order valence-electron chi connectivity index (χ4n) is 4.12. The molecule has 1 aliphatic rings. The van der Waals surface area contributed by atoms with Crippen LogP contribution in [0.25, 0.3) is 0 Å². The molecule has 6 heteroatoms. The summed E-state index contributed by atoms with van der Waals surface area (Å²) < 4.78 is 1.95. The topological polar surface area (TPSA) is 50.2 Å². The highest BCUT2D eigenvalue weighted by Crippen LogP contribution is 2.27. The van der Waals surface area contributed by atoms with E-state index in [0.29, 0.717) is 22.3 Å². The van der Waals surface area contributed by atoms with Gasteiger partial charge in [-0.05, 0) is 42.0 Å². The van der Waals surface area contributed by atoms with Crippen molar-refractivity contribution in [3.63, 3.8) is 0 Å². The Morgan fingerprint density at radius 3 is 2.48 bits per heavy atom. The summed E-state index contributed by atoms with van der Waals surface area (Å²) in [5.74, 6) is 1.06. The van der Waals surface area contributed by atoms with Gasteiger partial charge in [0.15, 0.2) is 0 Å². The molecular weight excluding hydrogens is 408 g/mol. The summed E-state index contributed by atoms with van der Waals surface area (Å²) in [5.41, 5.74) is 3.21. The fourth-order valence-corrected chi connectivity index (χ4v) is 4.34. The number of hydrogen-bond donors (Lipinski definition) is 1. The standard InChI is InChI=1S/C25H29ClN4O/c1-18(2)20-9-7-19(8-10-20)17-29-15-12-21(13-16-29)30-24(11-14-27-30)28-25(31)22-5-3-4-6-23(22)26/h3-11,14,18,21H,12-13,15-17H2,1-2H3,(H,28,31). The summed E-state index contributed by atoms with van der Waals surface area (Å²) in [6.07, 6.45) is 3.74. The number of carbonyl (C=O) groups is 1. The first-order valence-corrected chi connectivity index (χ1v) is 11.3. The van der Waals surface area contributed by atoms with E-state index in [1.54, 1.807) is 18.3 Å². The van der Waals surface area contributed by atoms with Crippen molar-refractivity contribution in [3.05, 3.63) is 82.5 Å². The quantitative estimate of drug-likeness (QED) is 0.535. The Balaban J connectivity index is 1.35. The Labute approximate surface area is 189 Å². The van der Waals surface area contributed by atoms with Gasteiger partial charge in [-0.3, -0.25) is 9.69 Å². The maximum Gasteiger partial charge on any atom is 0.258 e. The van der Waals surface area contributed by atoms with Crippen LogP contribution in [-0.4, -0.2) is 33.7 Å². The number of aromatic nitrogens is 2. The number of halogens is 1. The van der Waals surface area contributed by atoms with Gasteiger partial charge in [0.25, 0.3) is 5.91 Å². The Morgan fingerprint density at radius 2 is 1.81 bits per heavy atom. The molecule has 5 nitrogen and oxygen atoms in total. The van der Waals surface area contributed by atoms with Crippen LogP contribution in [0.15, 0.2) is 60.8 Å². The third-order valence-corrected chi connectivity index (χ3v) is 6.32. The number of benzene rings is 2. The molecule has 1 fully saturated rings. The number of piperidine rings is 1. The molecule has 0 spiro atoms. The first-order chi connectivity index (χ1) is 15.0. The minimum Gasteiger partial charge on any atom is -0.307 e. The Morgan fingerprint density at radius 1 is 1.10 bits per heavy atom. The second kappa shape index (κ2) is 9.67. The van der Waals surface area contributed by atoms with Crippen LogP contribution in [-0.2, 0) is 6.54 Å². The zero-order valence-corrected chi connectivity index (χ0v) is 18.8. The molecule has 2 aromatic carbocycles. The van der Waals surface area contributed by atoms with Crippen molar-refractivity contribution in [2.24, 2.45) is 0 Å². The zero-order valence-electron chi connectivity index (χ0n) is 18.1. The zero-order chi connectivity index (χ0) is 21.8. The van der Waals surface area contributed by atoms with Crippen LogP contribution < -0.4 is 5.32 Å². The lowest BCUT2D eigenvalue weighted by molar-refractivity contribution is 0.102. The van der Waals surface area contributed by atoms with Crippen LogP contribution in [0.2, 0.25) is 5.02 Å². The van der Waals surface area contributed by atoms with Gasteiger partial charge < -0.3 is 5.32 Å². The molecule has 1 aliphatic heterocycles. The number of rotatable bonds is 6. The normalized spacial score (nSPS) is 15.4. The Hall–Kier alpha value is -2.63. The minimum absolute atomic E-state index is 0.213. The maximum atomic E-state index is 12.6. The molecule has 0 saturated carbocycles. The summed E-state index contributed by atoms with van der Waals surface area (Å²) >= 11 is 6.17. The summed E-state index contributed by atoms with van der Waals surface area (Å²) in [4.78, 5) is 15.1. The lowest BCUT2D eigenvalue weighted by Gasteiger charge is -2.32. The lowest BCUT2D eigenvalue weighted by atomic mass is 10.0. The maximum absolute atomic E-state index is 12.6. The highest BCUT2D eigenvalue weighted by molar-refractivity contribution is 6.34. The molecule has 0 bridgehead atoms. The van der Waals surface area contributed by atoms with Gasteiger partial charge in [0, 0.05) is 25.7 Å². The number of amides is 1. The van der Waals surface area contributed by atoms with E-state index >= 15 is 0 Å². The Kier molecular flexibility index (Phi) is 6.73. The number of anilines is 1. The smallest absolute Gasteiger partial charge is 0.258 e. The third kappa shape index (κ3) is 5.17. The molecule has 1 N–H and O–H groups in total. The lowest BCUT2D eigenvalue weighted by Crippen LogP contribution is -2.35. The van der Waals surface area contributed by atoms with Crippen molar-refractivity contribution in [1.82, 2.24) is 14.7 Å². The third-order valence-electron chi connectivity index (χ3n) is 5.99. The van der Waals surface area contributed by atoms with Crippen LogP contribution in [0.5, 0.6) is 0 Å². The summed E-state index contributed by atoms with van der Waals surface area (Å²) in [7, 11) is 0. The second-order valence-electron chi connectivity index (χ2n) is 8.50. The number of nitrogens with one attached hydrogen (secondary N) is 1. The van der Waals surface area contributed by atoms with Crippen LogP contribution in [0.3, 0.4) is 0 Å². The van der Waals surface area contributed by atoms with Gasteiger partial charge in [-0.15, -0.1) is 0 Å². The number of nitrogens with zero attached hydrogens (tertiary/aromatic N) is 3. The SMILES string of the molecule is CC(C)c1ccc(CN2CCC(n3nccc3NC(=O)c3ccccc3Cl)CC2)cc1. The molecule has 0 unspecified atom stereocenters. The molecule has 31 heavy (non-hydrogen) atoms. The monoisotopic (exact) mass is 436 g/mol. The molecule has 0 radical (unpaired) electrons. The fraction of sp³-hybridized carbons (Fsp3) is 0.360. The molecule has 0 atom stereocenters. The van der Waals surface area contributed by atoms with Crippen molar-refractivity contribution in [3.8, 4) is 0 Å². The van der Waals surface area contributed by atoms with E-state index in [9.17, 15) is 4.79 Å². The number of likely N-dealkylation sites (tertiary alicyclic amines) is 1. The van der Waals surface area contributed by atoms with Gasteiger partial charge in [-0.1, -0.05) is 61.8 Å². The summed E-state index contributed by atoms with van der Waals surface area (Å²) in [6, 6.07) is 18.2. The summed E-state index contributed by atoms with van der Waals surface area (Å²) in [6.45, 7) is 7.43. The predicted octanol–water partition coefficient (Wildman–Crippen LogP) is 5.75. The second-order valence-corrected chi connectivity index (χ2v) is 8.91. The van der Waals surface area contributed by atoms with E-state index in [1.165, 1.54) is 11.1 Å². The van der Waals surface area contributed by atoms with Gasteiger partial charge >= 0.3 is 0 Å². The largest absolute Gasteiger partial charge is 0.307 e. The highest BCUT2D eigenvalue weighted by atomic mass is 35.5. The average Bonchev–Trinajstić information content (AvgIpc) is 3.23. The molecule has 1 aromatic heterocycles. The van der Waals surface area contributed by atoms with Gasteiger partial charge in [-0.2, -0.15) is 5.10 Å². The van der Waals surface area contributed by atoms with Crippen molar-refractivity contribution in [2.75, 3.05) is 18.4 Å². The number of hydrogen-bond acceptors (Lipinski definition) is 3. The average molecular weight is 437 g/mol. The van der Waals surface area contributed by atoms with E-state index in [2.05, 4.69) is 53.4 Å². The molecule has 1 amide bonds. The number of carbonyl (C=O) groups excluding carboxylic acids is 1. The Bertz CT molecular complexity index is 1020. The van der Waals surface area contributed by atoms with Crippen molar-refractivity contribution >= 4 is 23.3 Å². The van der Waals surface area contributed by atoms with E-state index in [1.807, 2.05) is 22.9 Å². The van der Waals surface area contributed by atoms with Gasteiger partial charge in [-0.25, -0.2) is 4.68 Å². The molecule has 0 aliphatic carbocycles. The van der Waals surface area contributed by atoms with Crippen molar-refractivity contribution in [1.29, 1.82) is 0 Å². The van der Waals surface area contributed by atoms with Gasteiger partial charge in [0.1, 0.15) is 5.82 Å². The van der Waals surface area contributed by atoms with Crippen LogP contribution in [0.4, 0.5) is 5.82 Å². The van der Waals surface area contributed by atoms with Gasteiger partial charge in [0.05, 0.1) is 22.8 Å². The van der Waals surface area contributed by atoms with Crippen molar-refractivity contribution < 1.29 is 4.79 Å². The van der Waals surface area contributed by atoms with Crippen molar-refractivity contribution in [2.45, 2.75) is 45.2 Å². The van der Waals surface area contributed by atoms with Crippen LogP contribution >= 0.6 is 11.6 Å². The minimum atomic E-state index is -0.213. The predicted molar refractivity (Wildman–Crippen MR) is 126 cm³/mol. The first-order valence-electron chi connectivity index (χ1n) is 10.9. The van der Waals surface area contributed by atoms with Crippen LogP contribution in [0, 0.1) is 0 Å². The summed E-state index contributed by atoms with van der Waals surface area (Å²) in [5, 5.41) is 7.91.